The molecule has 0 bridgehead atoms. The number of hydrogen-bond acceptors (Lipinski definition) is 5. The minimum absolute atomic E-state index is 0. The molecule has 1 aliphatic carbocycles. The molecular weight excluding hydrogens is 316 g/mol. The van der Waals surface area contributed by atoms with Gasteiger partial charge in [-0.3, -0.25) is 4.79 Å². The van der Waals surface area contributed by atoms with E-state index in [1.807, 2.05) is 14.0 Å². The van der Waals surface area contributed by atoms with Crippen molar-refractivity contribution in [3.63, 3.8) is 0 Å². The van der Waals surface area contributed by atoms with E-state index in [-0.39, 0.29) is 24.4 Å². The largest absolute Gasteiger partial charge is 0.345 e. The zero-order chi connectivity index (χ0) is 15.9. The summed E-state index contributed by atoms with van der Waals surface area (Å²) in [4.78, 5) is 16.5. The Morgan fingerprint density at radius 2 is 2.00 bits per heavy atom. The molecule has 7 heteroatoms. The Labute approximate surface area is 144 Å². The Bertz CT molecular complexity index is 474. The summed E-state index contributed by atoms with van der Waals surface area (Å²) in [6.07, 6.45) is 7.49. The van der Waals surface area contributed by atoms with Crippen molar-refractivity contribution >= 4 is 18.3 Å². The number of rotatable bonds is 7. The molecule has 6 nitrogen and oxygen atoms in total. The Hall–Kier alpha value is -1.14. The van der Waals surface area contributed by atoms with E-state index in [9.17, 15) is 4.79 Å². The van der Waals surface area contributed by atoms with E-state index in [0.29, 0.717) is 36.5 Å². The fraction of sp³-hybridized carbons (Fsp3) is 0.812. The zero-order valence-corrected chi connectivity index (χ0v) is 15.1. The summed E-state index contributed by atoms with van der Waals surface area (Å²) in [5.74, 6) is 1.78. The smallest absolute Gasteiger partial charge is 0.248 e. The van der Waals surface area contributed by atoms with E-state index in [2.05, 4.69) is 27.7 Å². The maximum Gasteiger partial charge on any atom is 0.248 e. The first-order valence-electron chi connectivity index (χ1n) is 8.37. The van der Waals surface area contributed by atoms with Gasteiger partial charge in [0.2, 0.25) is 11.8 Å². The van der Waals surface area contributed by atoms with Gasteiger partial charge in [-0.15, -0.1) is 12.4 Å². The maximum atomic E-state index is 12.1. The predicted octanol–water partition coefficient (Wildman–Crippen LogP) is 2.79. The molecule has 0 radical (unpaired) electrons. The van der Waals surface area contributed by atoms with Crippen LogP contribution in [-0.2, 0) is 11.2 Å². The minimum atomic E-state index is -0.234. The lowest BCUT2D eigenvalue weighted by Gasteiger charge is -2.21. The van der Waals surface area contributed by atoms with Crippen LogP contribution >= 0.6 is 12.4 Å². The van der Waals surface area contributed by atoms with Gasteiger partial charge in [-0.2, -0.15) is 4.98 Å². The van der Waals surface area contributed by atoms with Crippen LogP contribution in [0.2, 0.25) is 0 Å². The van der Waals surface area contributed by atoms with Gasteiger partial charge >= 0.3 is 0 Å². The second-order valence-electron chi connectivity index (χ2n) is 6.44. The summed E-state index contributed by atoms with van der Waals surface area (Å²) in [6.45, 7) is 3.95. The molecule has 1 aliphatic rings. The number of hydrogen-bond donors (Lipinski definition) is 2. The van der Waals surface area contributed by atoms with Crippen molar-refractivity contribution in [2.75, 3.05) is 7.05 Å². The van der Waals surface area contributed by atoms with Gasteiger partial charge in [0.1, 0.15) is 6.04 Å². The average Bonchev–Trinajstić information content (AvgIpc) is 2.96. The number of carbonyl (C=O) groups excluding carboxylic acids is 1. The second kappa shape index (κ2) is 9.88. The van der Waals surface area contributed by atoms with Crippen molar-refractivity contribution in [2.24, 2.45) is 5.92 Å². The molecule has 1 saturated carbocycles. The van der Waals surface area contributed by atoms with Crippen molar-refractivity contribution in [2.45, 2.75) is 70.9 Å². The molecule has 2 atom stereocenters. The molecular formula is C16H29ClN4O2. The van der Waals surface area contributed by atoms with Gasteiger partial charge in [0.25, 0.3) is 0 Å². The molecule has 0 spiro atoms. The molecule has 2 rings (SSSR count). The van der Waals surface area contributed by atoms with E-state index < -0.39 is 0 Å². The quantitative estimate of drug-likeness (QED) is 0.795. The SMILES string of the molecule is CNC(C)Cc1noc(C(C)NC(=O)CC2CCCCC2)n1.Cl. The minimum Gasteiger partial charge on any atom is -0.345 e. The van der Waals surface area contributed by atoms with Gasteiger partial charge in [-0.1, -0.05) is 24.4 Å². The van der Waals surface area contributed by atoms with Crippen molar-refractivity contribution in [3.8, 4) is 0 Å². The highest BCUT2D eigenvalue weighted by atomic mass is 35.5. The molecule has 2 unspecified atom stereocenters. The highest BCUT2D eigenvalue weighted by Crippen LogP contribution is 2.26. The van der Waals surface area contributed by atoms with E-state index in [4.69, 9.17) is 4.52 Å². The summed E-state index contributed by atoms with van der Waals surface area (Å²) in [5, 5.41) is 10.1. The van der Waals surface area contributed by atoms with Crippen molar-refractivity contribution in [1.82, 2.24) is 20.8 Å². The number of halogens is 1. The molecule has 1 aromatic rings. The van der Waals surface area contributed by atoms with Gasteiger partial charge in [0.15, 0.2) is 5.82 Å². The highest BCUT2D eigenvalue weighted by Gasteiger charge is 2.21. The van der Waals surface area contributed by atoms with Crippen LogP contribution in [0, 0.1) is 5.92 Å². The van der Waals surface area contributed by atoms with Crippen LogP contribution in [0.25, 0.3) is 0 Å². The summed E-state index contributed by atoms with van der Waals surface area (Å²) in [5.41, 5.74) is 0. The third-order valence-electron chi connectivity index (χ3n) is 4.41. The molecule has 1 amide bonds. The molecule has 23 heavy (non-hydrogen) atoms. The topological polar surface area (TPSA) is 80.0 Å². The Kier molecular flexibility index (Phi) is 8.55. The summed E-state index contributed by atoms with van der Waals surface area (Å²) >= 11 is 0. The lowest BCUT2D eigenvalue weighted by atomic mass is 9.87. The predicted molar refractivity (Wildman–Crippen MR) is 91.5 cm³/mol. The lowest BCUT2D eigenvalue weighted by Crippen LogP contribution is -2.29. The first-order valence-corrected chi connectivity index (χ1v) is 8.37. The number of amides is 1. The summed E-state index contributed by atoms with van der Waals surface area (Å²) in [7, 11) is 1.90. The fourth-order valence-electron chi connectivity index (χ4n) is 2.92. The van der Waals surface area contributed by atoms with Crippen LogP contribution in [0.4, 0.5) is 0 Å². The number of aromatic nitrogens is 2. The van der Waals surface area contributed by atoms with Crippen molar-refractivity contribution < 1.29 is 9.32 Å². The first kappa shape index (κ1) is 19.9. The second-order valence-corrected chi connectivity index (χ2v) is 6.44. The third kappa shape index (κ3) is 6.47. The van der Waals surface area contributed by atoms with Gasteiger partial charge in [-0.05, 0) is 39.7 Å². The van der Waals surface area contributed by atoms with Gasteiger partial charge < -0.3 is 15.2 Å². The Morgan fingerprint density at radius 1 is 1.30 bits per heavy atom. The van der Waals surface area contributed by atoms with Crippen LogP contribution in [0.1, 0.15) is 70.1 Å². The Balaban J connectivity index is 0.00000264. The normalized spacial score (nSPS) is 18.0. The van der Waals surface area contributed by atoms with Gasteiger partial charge in [0, 0.05) is 18.9 Å². The van der Waals surface area contributed by atoms with Crippen LogP contribution in [0.5, 0.6) is 0 Å². The lowest BCUT2D eigenvalue weighted by molar-refractivity contribution is -0.123. The van der Waals surface area contributed by atoms with E-state index >= 15 is 0 Å². The van der Waals surface area contributed by atoms with Gasteiger partial charge in [-0.25, -0.2) is 0 Å². The molecule has 0 aliphatic heterocycles. The van der Waals surface area contributed by atoms with E-state index in [1.54, 1.807) is 0 Å². The van der Waals surface area contributed by atoms with Crippen LogP contribution < -0.4 is 10.6 Å². The molecule has 1 aromatic heterocycles. The zero-order valence-electron chi connectivity index (χ0n) is 14.3. The molecule has 0 saturated heterocycles. The first-order chi connectivity index (χ1) is 10.6. The molecule has 1 heterocycles. The molecule has 132 valence electrons. The van der Waals surface area contributed by atoms with E-state index in [1.165, 1.54) is 32.1 Å². The number of carbonyl (C=O) groups is 1. The van der Waals surface area contributed by atoms with Crippen LogP contribution in [0.3, 0.4) is 0 Å². The fourth-order valence-corrected chi connectivity index (χ4v) is 2.92. The average molecular weight is 345 g/mol. The van der Waals surface area contributed by atoms with E-state index in [0.717, 1.165) is 0 Å². The molecule has 2 N–H and O–H groups in total. The van der Waals surface area contributed by atoms with Crippen molar-refractivity contribution in [1.29, 1.82) is 0 Å². The van der Waals surface area contributed by atoms with Crippen LogP contribution in [-0.4, -0.2) is 29.1 Å². The third-order valence-corrected chi connectivity index (χ3v) is 4.41. The number of nitrogens with one attached hydrogen (secondary N) is 2. The molecule has 1 fully saturated rings. The maximum absolute atomic E-state index is 12.1. The monoisotopic (exact) mass is 344 g/mol. The summed E-state index contributed by atoms with van der Waals surface area (Å²) in [6, 6.07) is 0.0591. The van der Waals surface area contributed by atoms with Crippen molar-refractivity contribution in [3.05, 3.63) is 11.7 Å². The standard InChI is InChI=1S/C16H28N4O2.ClH/c1-11(17-3)9-14-19-16(22-20-14)12(2)18-15(21)10-13-7-5-4-6-8-13;/h11-13,17H,4-10H2,1-3H3,(H,18,21);1H. The summed E-state index contributed by atoms with van der Waals surface area (Å²) < 4.78 is 5.26. The number of likely N-dealkylation sites (N-methyl/N-ethyl adjacent to an activating group) is 1. The van der Waals surface area contributed by atoms with Crippen LogP contribution in [0.15, 0.2) is 4.52 Å². The number of nitrogens with zero attached hydrogens (tertiary/aromatic N) is 2. The van der Waals surface area contributed by atoms with Gasteiger partial charge in [0.05, 0.1) is 0 Å². The Morgan fingerprint density at radius 3 is 2.65 bits per heavy atom. The highest BCUT2D eigenvalue weighted by molar-refractivity contribution is 5.85. The molecule has 0 aromatic carbocycles.